The molecule has 0 aliphatic heterocycles. The first-order valence-corrected chi connectivity index (χ1v) is 8.77. The number of H-pyrrole nitrogens is 1. The van der Waals surface area contributed by atoms with Gasteiger partial charge in [-0.05, 0) is 31.6 Å². The zero-order valence-electron chi connectivity index (χ0n) is 14.9. The Balaban J connectivity index is 1.92. The lowest BCUT2D eigenvalue weighted by atomic mass is 10.0. The summed E-state index contributed by atoms with van der Waals surface area (Å²) in [7, 11) is 1.98. The maximum atomic E-state index is 12.1. The molecule has 2 aromatic rings. The molecular formula is C19H27N3O3. The number of aromatic amines is 1. The van der Waals surface area contributed by atoms with Gasteiger partial charge in [-0.1, -0.05) is 31.5 Å². The summed E-state index contributed by atoms with van der Waals surface area (Å²) in [5.74, 6) is -1.24. The number of aromatic nitrogens is 1. The third-order valence-electron chi connectivity index (χ3n) is 4.35. The Morgan fingerprint density at radius 2 is 2.04 bits per heavy atom. The van der Waals surface area contributed by atoms with E-state index >= 15 is 0 Å². The Kier molecular flexibility index (Phi) is 7.01. The molecule has 1 amide bonds. The molecule has 0 radical (unpaired) electrons. The number of para-hydroxylation sites is 1. The van der Waals surface area contributed by atoms with Gasteiger partial charge >= 0.3 is 5.97 Å². The van der Waals surface area contributed by atoms with E-state index in [1.54, 1.807) is 0 Å². The fraction of sp³-hybridized carbons (Fsp3) is 0.474. The minimum absolute atomic E-state index is 0.226. The van der Waals surface area contributed by atoms with Crippen LogP contribution in [0.2, 0.25) is 0 Å². The molecule has 0 saturated carbocycles. The lowest BCUT2D eigenvalue weighted by Crippen LogP contribution is -2.43. The van der Waals surface area contributed by atoms with Gasteiger partial charge in [0, 0.05) is 36.5 Å². The summed E-state index contributed by atoms with van der Waals surface area (Å²) in [5, 5.41) is 13.1. The van der Waals surface area contributed by atoms with E-state index in [9.17, 15) is 14.7 Å². The molecule has 25 heavy (non-hydrogen) atoms. The van der Waals surface area contributed by atoms with E-state index in [0.29, 0.717) is 13.0 Å². The van der Waals surface area contributed by atoms with Crippen molar-refractivity contribution in [1.29, 1.82) is 0 Å². The highest BCUT2D eigenvalue weighted by Crippen LogP contribution is 2.19. The SMILES string of the molecule is CCCCN(C)CCC(=O)NC(Cc1c[nH]c2ccccc12)C(=O)O. The number of unbranched alkanes of at least 4 members (excludes halogenated alkanes) is 1. The van der Waals surface area contributed by atoms with E-state index in [2.05, 4.69) is 22.1 Å². The average molecular weight is 345 g/mol. The highest BCUT2D eigenvalue weighted by atomic mass is 16.4. The molecule has 0 bridgehead atoms. The minimum Gasteiger partial charge on any atom is -0.480 e. The third kappa shape index (κ3) is 5.60. The number of hydrogen-bond donors (Lipinski definition) is 3. The molecular weight excluding hydrogens is 318 g/mol. The molecule has 0 saturated heterocycles. The zero-order valence-corrected chi connectivity index (χ0v) is 14.9. The molecule has 6 heteroatoms. The second kappa shape index (κ2) is 9.22. The molecule has 1 aromatic carbocycles. The van der Waals surface area contributed by atoms with Gasteiger partial charge in [0.05, 0.1) is 0 Å². The average Bonchev–Trinajstić information content (AvgIpc) is 3.00. The number of nitrogens with one attached hydrogen (secondary N) is 2. The Labute approximate surface area is 148 Å². The largest absolute Gasteiger partial charge is 0.480 e. The molecule has 1 atom stereocenters. The summed E-state index contributed by atoms with van der Waals surface area (Å²) in [5.41, 5.74) is 1.86. The van der Waals surface area contributed by atoms with Crippen LogP contribution in [0.3, 0.4) is 0 Å². The summed E-state index contributed by atoms with van der Waals surface area (Å²) >= 11 is 0. The van der Waals surface area contributed by atoms with Crippen LogP contribution in [0.4, 0.5) is 0 Å². The normalized spacial score (nSPS) is 12.4. The fourth-order valence-corrected chi connectivity index (χ4v) is 2.82. The number of nitrogens with zero attached hydrogens (tertiary/aromatic N) is 1. The zero-order chi connectivity index (χ0) is 18.2. The first-order chi connectivity index (χ1) is 12.0. The Bertz CT molecular complexity index is 711. The molecule has 0 spiro atoms. The summed E-state index contributed by atoms with van der Waals surface area (Å²) in [6.45, 7) is 3.70. The van der Waals surface area contributed by atoms with E-state index in [1.807, 2.05) is 37.5 Å². The lowest BCUT2D eigenvalue weighted by Gasteiger charge is -2.18. The first-order valence-electron chi connectivity index (χ1n) is 8.77. The van der Waals surface area contributed by atoms with Crippen molar-refractivity contribution in [2.45, 2.75) is 38.6 Å². The molecule has 136 valence electrons. The highest BCUT2D eigenvalue weighted by molar-refractivity contribution is 5.86. The minimum atomic E-state index is -1.02. The van der Waals surface area contributed by atoms with Crippen LogP contribution in [0.1, 0.15) is 31.7 Å². The molecule has 0 fully saturated rings. The van der Waals surface area contributed by atoms with Gasteiger partial charge in [0.1, 0.15) is 6.04 Å². The maximum Gasteiger partial charge on any atom is 0.326 e. The second-order valence-corrected chi connectivity index (χ2v) is 6.43. The lowest BCUT2D eigenvalue weighted by molar-refractivity contribution is -0.141. The molecule has 1 heterocycles. The number of aliphatic carboxylic acids is 1. The van der Waals surface area contributed by atoms with Crippen molar-refractivity contribution in [2.75, 3.05) is 20.1 Å². The van der Waals surface area contributed by atoms with Gasteiger partial charge in [-0.3, -0.25) is 4.79 Å². The number of amides is 1. The van der Waals surface area contributed by atoms with Crippen molar-refractivity contribution in [1.82, 2.24) is 15.2 Å². The van der Waals surface area contributed by atoms with Crippen LogP contribution in [-0.2, 0) is 16.0 Å². The molecule has 2 rings (SSSR count). The number of rotatable bonds is 10. The van der Waals surface area contributed by atoms with Gasteiger partial charge in [-0.15, -0.1) is 0 Å². The van der Waals surface area contributed by atoms with Crippen molar-refractivity contribution in [3.63, 3.8) is 0 Å². The van der Waals surface area contributed by atoms with E-state index in [0.717, 1.165) is 35.9 Å². The molecule has 0 aliphatic rings. The van der Waals surface area contributed by atoms with E-state index in [1.165, 1.54) is 0 Å². The molecule has 3 N–H and O–H groups in total. The summed E-state index contributed by atoms with van der Waals surface area (Å²) < 4.78 is 0. The number of carboxylic acid groups (broad SMARTS) is 1. The van der Waals surface area contributed by atoms with Crippen LogP contribution in [0.5, 0.6) is 0 Å². The van der Waals surface area contributed by atoms with Gasteiger partial charge in [-0.2, -0.15) is 0 Å². The van der Waals surface area contributed by atoms with E-state index < -0.39 is 12.0 Å². The maximum absolute atomic E-state index is 12.1. The fourth-order valence-electron chi connectivity index (χ4n) is 2.82. The van der Waals surface area contributed by atoms with Gasteiger partial charge < -0.3 is 20.3 Å². The topological polar surface area (TPSA) is 85.4 Å². The highest BCUT2D eigenvalue weighted by Gasteiger charge is 2.21. The second-order valence-electron chi connectivity index (χ2n) is 6.43. The van der Waals surface area contributed by atoms with E-state index in [-0.39, 0.29) is 12.3 Å². The number of hydrogen-bond acceptors (Lipinski definition) is 3. The van der Waals surface area contributed by atoms with Gasteiger partial charge in [0.25, 0.3) is 0 Å². The van der Waals surface area contributed by atoms with Crippen LogP contribution in [0, 0.1) is 0 Å². The van der Waals surface area contributed by atoms with Crippen LogP contribution >= 0.6 is 0 Å². The molecule has 1 aromatic heterocycles. The van der Waals surface area contributed by atoms with Crippen molar-refractivity contribution in [3.8, 4) is 0 Å². The molecule has 6 nitrogen and oxygen atoms in total. The third-order valence-corrected chi connectivity index (χ3v) is 4.35. The van der Waals surface area contributed by atoms with Gasteiger partial charge in [0.2, 0.25) is 5.91 Å². The summed E-state index contributed by atoms with van der Waals surface area (Å²) in [6.07, 6.45) is 4.58. The van der Waals surface area contributed by atoms with Crippen molar-refractivity contribution in [3.05, 3.63) is 36.0 Å². The summed E-state index contributed by atoms with van der Waals surface area (Å²) in [6, 6.07) is 6.81. The Hall–Kier alpha value is -2.34. The number of benzene rings is 1. The summed E-state index contributed by atoms with van der Waals surface area (Å²) in [4.78, 5) is 28.9. The number of carbonyl (C=O) groups excluding carboxylic acids is 1. The first kappa shape index (κ1) is 19.0. The molecule has 0 aliphatic carbocycles. The monoisotopic (exact) mass is 345 g/mol. The quantitative estimate of drug-likeness (QED) is 0.617. The number of carboxylic acids is 1. The predicted octanol–water partition coefficient (Wildman–Crippen LogP) is 2.40. The van der Waals surface area contributed by atoms with Crippen molar-refractivity contribution in [2.24, 2.45) is 0 Å². The Morgan fingerprint density at radius 1 is 1.28 bits per heavy atom. The molecule has 1 unspecified atom stereocenters. The van der Waals surface area contributed by atoms with Crippen LogP contribution in [0.15, 0.2) is 30.5 Å². The van der Waals surface area contributed by atoms with Crippen molar-refractivity contribution < 1.29 is 14.7 Å². The van der Waals surface area contributed by atoms with Crippen molar-refractivity contribution >= 4 is 22.8 Å². The van der Waals surface area contributed by atoms with E-state index in [4.69, 9.17) is 0 Å². The van der Waals surface area contributed by atoms with Crippen LogP contribution in [0.25, 0.3) is 10.9 Å². The van der Waals surface area contributed by atoms with Gasteiger partial charge in [0.15, 0.2) is 0 Å². The number of fused-ring (bicyclic) bond motifs is 1. The van der Waals surface area contributed by atoms with Gasteiger partial charge in [-0.25, -0.2) is 4.79 Å². The van der Waals surface area contributed by atoms with Crippen LogP contribution < -0.4 is 5.32 Å². The predicted molar refractivity (Wildman–Crippen MR) is 98.6 cm³/mol. The Morgan fingerprint density at radius 3 is 2.76 bits per heavy atom. The smallest absolute Gasteiger partial charge is 0.326 e. The number of carbonyl (C=O) groups is 2. The standard InChI is InChI=1S/C19H27N3O3/c1-3-4-10-22(2)11-9-18(23)21-17(19(24)25)12-14-13-20-16-8-6-5-7-15(14)16/h5-8,13,17,20H,3-4,9-12H2,1-2H3,(H,21,23)(H,24,25). The van der Waals surface area contributed by atoms with Crippen LogP contribution in [-0.4, -0.2) is 53.0 Å².